The van der Waals surface area contributed by atoms with Gasteiger partial charge in [0.05, 0.1) is 15.5 Å². The van der Waals surface area contributed by atoms with Crippen molar-refractivity contribution in [1.82, 2.24) is 24.0 Å². The van der Waals surface area contributed by atoms with Gasteiger partial charge in [0.2, 0.25) is 15.9 Å². The molecule has 0 N–H and O–H groups in total. The maximum Gasteiger partial charge on any atom is 0.243 e. The highest BCUT2D eigenvalue weighted by atomic mass is 32.2. The van der Waals surface area contributed by atoms with E-state index < -0.39 is 10.0 Å². The van der Waals surface area contributed by atoms with Crippen molar-refractivity contribution in [3.05, 3.63) is 46.8 Å². The van der Waals surface area contributed by atoms with Crippen molar-refractivity contribution in [2.45, 2.75) is 23.9 Å². The number of aryl methyl sites for hydroxylation is 2. The molecule has 0 unspecified atom stereocenters. The van der Waals surface area contributed by atoms with Gasteiger partial charge in [-0.1, -0.05) is 23.9 Å². The van der Waals surface area contributed by atoms with Gasteiger partial charge in [0.1, 0.15) is 0 Å². The fraction of sp³-hybridized carbons (Fsp3) is 0.381. The molecule has 0 bridgehead atoms. The van der Waals surface area contributed by atoms with Crippen molar-refractivity contribution in [3.63, 3.8) is 0 Å². The highest BCUT2D eigenvalue weighted by molar-refractivity contribution is 7.99. The van der Waals surface area contributed by atoms with E-state index in [1.807, 2.05) is 49.0 Å². The molecule has 0 spiro atoms. The van der Waals surface area contributed by atoms with E-state index in [1.54, 1.807) is 28.4 Å². The van der Waals surface area contributed by atoms with E-state index in [4.69, 9.17) is 0 Å². The molecule has 0 radical (unpaired) electrons. The summed E-state index contributed by atoms with van der Waals surface area (Å²) >= 11 is 2.93. The van der Waals surface area contributed by atoms with Crippen LogP contribution >= 0.6 is 23.1 Å². The molecule has 4 rings (SSSR count). The van der Waals surface area contributed by atoms with Gasteiger partial charge in [0.15, 0.2) is 11.0 Å². The molecule has 1 aliphatic heterocycles. The number of hydrogen-bond acceptors (Lipinski definition) is 7. The van der Waals surface area contributed by atoms with Crippen LogP contribution in [0, 0.1) is 13.8 Å². The molecule has 1 amide bonds. The zero-order chi connectivity index (χ0) is 22.9. The Morgan fingerprint density at radius 2 is 1.84 bits per heavy atom. The van der Waals surface area contributed by atoms with E-state index in [-0.39, 0.29) is 24.7 Å². The maximum absolute atomic E-state index is 13.0. The Kier molecular flexibility index (Phi) is 6.70. The lowest BCUT2D eigenvalue weighted by Crippen LogP contribution is -2.51. The Labute approximate surface area is 196 Å². The molecule has 3 aromatic rings. The molecule has 0 saturated carbocycles. The molecular formula is C21H25N5O3S3. The summed E-state index contributed by atoms with van der Waals surface area (Å²) in [6.45, 7) is 5.20. The van der Waals surface area contributed by atoms with Crippen molar-refractivity contribution in [1.29, 1.82) is 0 Å². The maximum atomic E-state index is 13.0. The molecule has 1 aliphatic rings. The van der Waals surface area contributed by atoms with Crippen LogP contribution < -0.4 is 0 Å². The Balaban J connectivity index is 1.33. The summed E-state index contributed by atoms with van der Waals surface area (Å²) < 4.78 is 29.3. The molecule has 11 heteroatoms. The molecule has 1 aromatic carbocycles. The van der Waals surface area contributed by atoms with Gasteiger partial charge in [-0.3, -0.25) is 4.79 Å². The van der Waals surface area contributed by atoms with E-state index in [0.717, 1.165) is 21.8 Å². The number of thiophene rings is 1. The van der Waals surface area contributed by atoms with Gasteiger partial charge in [0.25, 0.3) is 0 Å². The molecule has 1 fully saturated rings. The van der Waals surface area contributed by atoms with E-state index in [0.29, 0.717) is 23.1 Å². The van der Waals surface area contributed by atoms with Crippen LogP contribution in [0.15, 0.2) is 45.8 Å². The number of carbonyl (C=O) groups excluding carboxylic acids is 1. The second-order valence-corrected chi connectivity index (χ2v) is 11.5. The van der Waals surface area contributed by atoms with Crippen LogP contribution in [0.25, 0.3) is 10.7 Å². The highest BCUT2D eigenvalue weighted by Crippen LogP contribution is 2.26. The van der Waals surface area contributed by atoms with Gasteiger partial charge >= 0.3 is 0 Å². The number of carbonyl (C=O) groups is 1. The highest BCUT2D eigenvalue weighted by Gasteiger charge is 2.30. The average Bonchev–Trinajstić information content (AvgIpc) is 3.43. The number of hydrogen-bond donors (Lipinski definition) is 0. The lowest BCUT2D eigenvalue weighted by molar-refractivity contribution is -0.129. The van der Waals surface area contributed by atoms with Gasteiger partial charge in [0, 0.05) is 33.2 Å². The number of amides is 1. The first-order chi connectivity index (χ1) is 15.3. The first-order valence-corrected chi connectivity index (χ1v) is 13.5. The van der Waals surface area contributed by atoms with Crippen LogP contribution in [0.4, 0.5) is 0 Å². The Bertz CT molecular complexity index is 1210. The van der Waals surface area contributed by atoms with Crippen molar-refractivity contribution < 1.29 is 13.2 Å². The lowest BCUT2D eigenvalue weighted by Gasteiger charge is -2.34. The third-order valence-electron chi connectivity index (χ3n) is 5.61. The SMILES string of the molecule is Cc1ccc(S(=O)(=O)N2CCN(C(=O)CSc3nnc(-c4cccs4)n3C)CC2)cc1C. The minimum Gasteiger partial charge on any atom is -0.339 e. The fourth-order valence-corrected chi connectivity index (χ4v) is 6.55. The summed E-state index contributed by atoms with van der Waals surface area (Å²) in [5.41, 5.74) is 2.00. The summed E-state index contributed by atoms with van der Waals surface area (Å²) in [5, 5.41) is 11.1. The topological polar surface area (TPSA) is 88.4 Å². The quantitative estimate of drug-likeness (QED) is 0.493. The van der Waals surface area contributed by atoms with E-state index in [9.17, 15) is 13.2 Å². The predicted octanol–water partition coefficient (Wildman–Crippen LogP) is 2.79. The predicted molar refractivity (Wildman–Crippen MR) is 126 cm³/mol. The standard InChI is InChI=1S/C21H25N5O3S3/c1-15-6-7-17(13-16(15)2)32(28,29)26-10-8-25(9-11-26)19(27)14-31-21-23-22-20(24(21)3)18-5-4-12-30-18/h4-7,12-13H,8-11,14H2,1-3H3. The Morgan fingerprint density at radius 3 is 2.50 bits per heavy atom. The monoisotopic (exact) mass is 491 g/mol. The van der Waals surface area contributed by atoms with Gasteiger partial charge in [-0.05, 0) is 48.6 Å². The molecule has 0 atom stereocenters. The number of aromatic nitrogens is 3. The van der Waals surface area contributed by atoms with Crippen LogP contribution in [0.3, 0.4) is 0 Å². The second-order valence-electron chi connectivity index (χ2n) is 7.66. The summed E-state index contributed by atoms with van der Waals surface area (Å²) in [6, 6.07) is 9.14. The molecule has 1 saturated heterocycles. The van der Waals surface area contributed by atoms with Gasteiger partial charge in [-0.2, -0.15) is 4.31 Å². The number of sulfonamides is 1. The van der Waals surface area contributed by atoms with E-state index in [2.05, 4.69) is 10.2 Å². The molecule has 0 aliphatic carbocycles. The number of benzene rings is 1. The van der Waals surface area contributed by atoms with Crippen LogP contribution in [0.5, 0.6) is 0 Å². The van der Waals surface area contributed by atoms with Gasteiger partial charge < -0.3 is 9.47 Å². The molecular weight excluding hydrogens is 466 g/mol. The summed E-state index contributed by atoms with van der Waals surface area (Å²) in [6.07, 6.45) is 0. The zero-order valence-corrected chi connectivity index (χ0v) is 20.6. The normalized spacial score (nSPS) is 15.3. The fourth-order valence-electron chi connectivity index (χ4n) is 3.48. The molecule has 8 nitrogen and oxygen atoms in total. The van der Waals surface area contributed by atoms with E-state index >= 15 is 0 Å². The molecule has 2 aromatic heterocycles. The van der Waals surface area contributed by atoms with Gasteiger partial charge in [-0.25, -0.2) is 8.42 Å². The number of rotatable bonds is 6. The molecule has 170 valence electrons. The van der Waals surface area contributed by atoms with Crippen LogP contribution in [-0.2, 0) is 21.9 Å². The minimum absolute atomic E-state index is 0.0288. The Morgan fingerprint density at radius 1 is 1.09 bits per heavy atom. The number of piperazine rings is 1. The third-order valence-corrected chi connectivity index (χ3v) is 9.37. The van der Waals surface area contributed by atoms with E-state index in [1.165, 1.54) is 16.1 Å². The van der Waals surface area contributed by atoms with Crippen molar-refractivity contribution in [2.75, 3.05) is 31.9 Å². The smallest absolute Gasteiger partial charge is 0.243 e. The van der Waals surface area contributed by atoms with Crippen LogP contribution in [0.1, 0.15) is 11.1 Å². The van der Waals surface area contributed by atoms with Crippen molar-refractivity contribution >= 4 is 39.0 Å². The lowest BCUT2D eigenvalue weighted by atomic mass is 10.1. The molecule has 3 heterocycles. The number of nitrogens with zero attached hydrogens (tertiary/aromatic N) is 5. The minimum atomic E-state index is -3.56. The molecule has 32 heavy (non-hydrogen) atoms. The average molecular weight is 492 g/mol. The van der Waals surface area contributed by atoms with Crippen molar-refractivity contribution in [3.8, 4) is 10.7 Å². The summed E-state index contributed by atoms with van der Waals surface area (Å²) in [4.78, 5) is 15.8. The Hall–Kier alpha value is -2.21. The van der Waals surface area contributed by atoms with Crippen LogP contribution in [-0.4, -0.2) is 70.2 Å². The number of thioether (sulfide) groups is 1. The summed E-state index contributed by atoms with van der Waals surface area (Å²) in [5.74, 6) is 0.986. The van der Waals surface area contributed by atoms with Crippen molar-refractivity contribution in [2.24, 2.45) is 7.05 Å². The first-order valence-electron chi connectivity index (χ1n) is 10.2. The largest absolute Gasteiger partial charge is 0.339 e. The summed E-state index contributed by atoms with van der Waals surface area (Å²) in [7, 11) is -1.67. The first kappa shape index (κ1) is 23.0. The van der Waals surface area contributed by atoms with Gasteiger partial charge in [-0.15, -0.1) is 21.5 Å². The third kappa shape index (κ3) is 4.61. The second kappa shape index (κ2) is 9.34. The zero-order valence-electron chi connectivity index (χ0n) is 18.2. The van der Waals surface area contributed by atoms with Crippen LogP contribution in [0.2, 0.25) is 0 Å².